The minimum atomic E-state index is 0.429. The number of hydrogen-bond acceptors (Lipinski definition) is 2. The molecule has 2 nitrogen and oxygen atoms in total. The minimum Gasteiger partial charge on any atom is -0.303 e. The molecule has 0 unspecified atom stereocenters. The smallest absolute Gasteiger partial charge is 0.145 e. The average Bonchev–Trinajstić information content (AvgIpc) is 2.04. The second kappa shape index (κ2) is 6.77. The Morgan fingerprint density at radius 1 is 1.42 bits per heavy atom. The molecule has 0 N–H and O–H groups in total. The summed E-state index contributed by atoms with van der Waals surface area (Å²) in [7, 11) is 0. The van der Waals surface area contributed by atoms with E-state index in [4.69, 9.17) is 0 Å². The van der Waals surface area contributed by atoms with E-state index in [1.807, 2.05) is 13.0 Å². The third-order valence-electron chi connectivity index (χ3n) is 1.81. The molecule has 68 valence electrons. The lowest BCUT2D eigenvalue weighted by Crippen LogP contribution is -1.94. The summed E-state index contributed by atoms with van der Waals surface area (Å²) in [5.41, 5.74) is 0.772. The van der Waals surface area contributed by atoms with Crippen molar-refractivity contribution < 1.29 is 9.59 Å². The fraction of sp³-hybridized carbons (Fsp3) is 0.600. The molecule has 0 bridgehead atoms. The highest BCUT2D eigenvalue weighted by Crippen LogP contribution is 2.09. The summed E-state index contributed by atoms with van der Waals surface area (Å²) in [5, 5.41) is 0. The maximum absolute atomic E-state index is 10.2. The summed E-state index contributed by atoms with van der Waals surface area (Å²) in [6.07, 6.45) is 6.19. The highest BCUT2D eigenvalue weighted by atomic mass is 16.1. The average molecular weight is 168 g/mol. The van der Waals surface area contributed by atoms with Gasteiger partial charge in [-0.1, -0.05) is 13.0 Å². The van der Waals surface area contributed by atoms with Crippen LogP contribution in [0.5, 0.6) is 0 Å². The Morgan fingerprint density at radius 2 is 2.08 bits per heavy atom. The van der Waals surface area contributed by atoms with E-state index in [-0.39, 0.29) is 0 Å². The van der Waals surface area contributed by atoms with Gasteiger partial charge in [0.2, 0.25) is 0 Å². The molecule has 0 amide bonds. The standard InChI is InChI=1S/C10H16O2/c1-9(6-7-11)4-3-5-10(2)8-12/h5,7-9H,3-4,6H2,1-2H3/b10-5+/t9-/m0/s1. The van der Waals surface area contributed by atoms with Crippen molar-refractivity contribution in [2.45, 2.75) is 33.1 Å². The summed E-state index contributed by atoms with van der Waals surface area (Å²) in [5.74, 6) is 0.429. The van der Waals surface area contributed by atoms with Crippen LogP contribution in [0, 0.1) is 5.92 Å². The Morgan fingerprint density at radius 3 is 2.58 bits per heavy atom. The van der Waals surface area contributed by atoms with Gasteiger partial charge in [-0.15, -0.1) is 0 Å². The maximum atomic E-state index is 10.2. The predicted molar refractivity (Wildman–Crippen MR) is 48.9 cm³/mol. The van der Waals surface area contributed by atoms with Gasteiger partial charge in [-0.2, -0.15) is 0 Å². The summed E-state index contributed by atoms with van der Waals surface area (Å²) >= 11 is 0. The second-order valence-corrected chi connectivity index (χ2v) is 3.15. The Bertz CT molecular complexity index is 171. The zero-order chi connectivity index (χ0) is 9.40. The SMILES string of the molecule is C/C(C=O)=C\CC[C@H](C)CC=O. The van der Waals surface area contributed by atoms with Crippen molar-refractivity contribution in [3.63, 3.8) is 0 Å². The van der Waals surface area contributed by atoms with E-state index in [9.17, 15) is 9.59 Å². The lowest BCUT2D eigenvalue weighted by Gasteiger charge is -2.03. The van der Waals surface area contributed by atoms with Crippen LogP contribution in [0.2, 0.25) is 0 Å². The first-order valence-electron chi connectivity index (χ1n) is 4.26. The molecule has 0 aromatic heterocycles. The molecule has 0 aliphatic carbocycles. The highest BCUT2D eigenvalue weighted by molar-refractivity contribution is 5.71. The van der Waals surface area contributed by atoms with Crippen molar-refractivity contribution in [3.05, 3.63) is 11.6 Å². The van der Waals surface area contributed by atoms with Gasteiger partial charge in [0.05, 0.1) is 0 Å². The minimum absolute atomic E-state index is 0.429. The quantitative estimate of drug-likeness (QED) is 0.450. The van der Waals surface area contributed by atoms with E-state index in [1.165, 1.54) is 0 Å². The number of aldehydes is 2. The van der Waals surface area contributed by atoms with Crippen LogP contribution < -0.4 is 0 Å². The summed E-state index contributed by atoms with van der Waals surface area (Å²) in [4.78, 5) is 20.3. The normalized spacial score (nSPS) is 14.0. The lowest BCUT2D eigenvalue weighted by molar-refractivity contribution is -0.108. The molecule has 12 heavy (non-hydrogen) atoms. The summed E-state index contributed by atoms with van der Waals surface area (Å²) in [6.45, 7) is 3.83. The van der Waals surface area contributed by atoms with Gasteiger partial charge < -0.3 is 4.79 Å². The van der Waals surface area contributed by atoms with E-state index in [1.54, 1.807) is 6.92 Å². The van der Waals surface area contributed by atoms with Crippen molar-refractivity contribution in [1.29, 1.82) is 0 Å². The van der Waals surface area contributed by atoms with Gasteiger partial charge in [0.15, 0.2) is 0 Å². The first kappa shape index (κ1) is 11.1. The lowest BCUT2D eigenvalue weighted by atomic mass is 10.0. The van der Waals surface area contributed by atoms with Crippen molar-refractivity contribution in [2.75, 3.05) is 0 Å². The topological polar surface area (TPSA) is 34.1 Å². The van der Waals surface area contributed by atoms with Gasteiger partial charge in [0.1, 0.15) is 12.6 Å². The van der Waals surface area contributed by atoms with E-state index < -0.39 is 0 Å². The van der Waals surface area contributed by atoms with Gasteiger partial charge >= 0.3 is 0 Å². The molecule has 0 aromatic rings. The van der Waals surface area contributed by atoms with Crippen LogP contribution in [0.15, 0.2) is 11.6 Å². The van der Waals surface area contributed by atoms with Gasteiger partial charge in [-0.05, 0) is 31.3 Å². The molecule has 0 fully saturated rings. The number of carbonyl (C=O) groups excluding carboxylic acids is 2. The number of rotatable bonds is 6. The molecular formula is C10H16O2. The van der Waals surface area contributed by atoms with Crippen LogP contribution in [0.4, 0.5) is 0 Å². The Labute approximate surface area is 73.7 Å². The molecule has 0 aromatic carbocycles. The van der Waals surface area contributed by atoms with Gasteiger partial charge in [0.25, 0.3) is 0 Å². The zero-order valence-corrected chi connectivity index (χ0v) is 7.75. The maximum Gasteiger partial charge on any atom is 0.145 e. The van der Waals surface area contributed by atoms with Crippen molar-refractivity contribution in [2.24, 2.45) is 5.92 Å². The van der Waals surface area contributed by atoms with E-state index in [0.717, 1.165) is 31.0 Å². The fourth-order valence-electron chi connectivity index (χ4n) is 0.926. The van der Waals surface area contributed by atoms with Crippen LogP contribution >= 0.6 is 0 Å². The first-order valence-corrected chi connectivity index (χ1v) is 4.26. The fourth-order valence-corrected chi connectivity index (χ4v) is 0.926. The van der Waals surface area contributed by atoms with Crippen LogP contribution in [0.1, 0.15) is 33.1 Å². The van der Waals surface area contributed by atoms with Crippen LogP contribution in [0.3, 0.4) is 0 Å². The zero-order valence-electron chi connectivity index (χ0n) is 7.75. The molecule has 0 saturated carbocycles. The third kappa shape index (κ3) is 5.83. The molecule has 0 rings (SSSR count). The number of carbonyl (C=O) groups is 2. The molecule has 0 spiro atoms. The van der Waals surface area contributed by atoms with Crippen molar-refractivity contribution in [3.8, 4) is 0 Å². The highest BCUT2D eigenvalue weighted by Gasteiger charge is 1.98. The van der Waals surface area contributed by atoms with Crippen LogP contribution in [-0.2, 0) is 9.59 Å². The summed E-state index contributed by atoms with van der Waals surface area (Å²) in [6, 6.07) is 0. The van der Waals surface area contributed by atoms with Gasteiger partial charge in [-0.25, -0.2) is 0 Å². The molecular weight excluding hydrogens is 152 g/mol. The predicted octanol–water partition coefficient (Wildman–Crippen LogP) is 2.14. The first-order chi connectivity index (χ1) is 5.70. The van der Waals surface area contributed by atoms with E-state index in [0.29, 0.717) is 12.3 Å². The number of hydrogen-bond donors (Lipinski definition) is 0. The Balaban J connectivity index is 3.54. The van der Waals surface area contributed by atoms with E-state index >= 15 is 0 Å². The molecule has 0 heterocycles. The molecule has 2 heteroatoms. The monoisotopic (exact) mass is 168 g/mol. The Kier molecular flexibility index (Phi) is 6.25. The molecule has 0 saturated heterocycles. The van der Waals surface area contributed by atoms with Crippen LogP contribution in [-0.4, -0.2) is 12.6 Å². The van der Waals surface area contributed by atoms with Crippen molar-refractivity contribution in [1.82, 2.24) is 0 Å². The molecule has 0 aliphatic heterocycles. The van der Waals surface area contributed by atoms with Crippen molar-refractivity contribution >= 4 is 12.6 Å². The number of allylic oxidation sites excluding steroid dienone is 2. The summed E-state index contributed by atoms with van der Waals surface area (Å²) < 4.78 is 0. The van der Waals surface area contributed by atoms with E-state index in [2.05, 4.69) is 0 Å². The molecule has 0 radical (unpaired) electrons. The van der Waals surface area contributed by atoms with Gasteiger partial charge in [-0.3, -0.25) is 4.79 Å². The third-order valence-corrected chi connectivity index (χ3v) is 1.81. The second-order valence-electron chi connectivity index (χ2n) is 3.15. The van der Waals surface area contributed by atoms with Crippen LogP contribution in [0.25, 0.3) is 0 Å². The Hall–Kier alpha value is -0.920. The molecule has 0 aliphatic rings. The van der Waals surface area contributed by atoms with Gasteiger partial charge in [0, 0.05) is 6.42 Å². The largest absolute Gasteiger partial charge is 0.303 e. The molecule has 1 atom stereocenters.